The van der Waals surface area contributed by atoms with Crippen LogP contribution in [-0.2, 0) is 47.9 Å². The highest BCUT2D eigenvalue weighted by molar-refractivity contribution is 6.43. The molecule has 13 rings (SSSR count). The lowest BCUT2D eigenvalue weighted by Crippen LogP contribution is -2.42. The molecule has 8 aromatic carbocycles. The molecule has 139 heavy (non-hydrogen) atoms. The van der Waals surface area contributed by atoms with Crippen molar-refractivity contribution in [1.82, 2.24) is 39.2 Å². The summed E-state index contributed by atoms with van der Waals surface area (Å²) >= 11 is 71.7. The molecular formula is C101H126Cl12N14O12. The Kier molecular flexibility index (Phi) is 52.8. The molecule has 8 aromatic rings. The third-order valence-corrected chi connectivity index (χ3v) is 26.7. The van der Waals surface area contributed by atoms with Gasteiger partial charge in [-0.15, -0.1) is 0 Å². The van der Waals surface area contributed by atoms with Crippen molar-refractivity contribution in [2.24, 2.45) is 0 Å². The maximum atomic E-state index is 12.0. The number of piperidine rings is 3. The Morgan fingerprint density at radius 2 is 0.532 bits per heavy atom. The van der Waals surface area contributed by atoms with Gasteiger partial charge in [-0.1, -0.05) is 163 Å². The molecule has 0 radical (unpaired) electrons. The quantitative estimate of drug-likeness (QED) is 0.0249. The van der Waals surface area contributed by atoms with Gasteiger partial charge in [-0.25, -0.2) is 0 Å². The number of esters is 1. The van der Waals surface area contributed by atoms with E-state index in [2.05, 4.69) is 46.6 Å². The van der Waals surface area contributed by atoms with E-state index in [0.29, 0.717) is 155 Å². The minimum absolute atomic E-state index is 0.0205. The Hall–Kier alpha value is -8.46. The molecule has 26 nitrogen and oxygen atoms in total. The number of aryl methyl sites for hydroxylation is 4. The van der Waals surface area contributed by atoms with E-state index in [4.69, 9.17) is 149 Å². The smallest absolute Gasteiger partial charge is 0.325 e. The topological polar surface area (TPSA) is 287 Å². The van der Waals surface area contributed by atoms with Crippen molar-refractivity contribution in [1.29, 1.82) is 0 Å². The first-order valence-corrected chi connectivity index (χ1v) is 50.1. The SMILES string of the molecule is Cc1c(Cl)cc(NC(=O)C(=O)N2CCCCC2)cc1Cl.Cc1c(Cl)cc(NC(=O)CN(C)C)cc1Cl.Cc1c(Cl)cc(NC(=O)CN2CCCC2)cc1Cl.Cc1c(Cl)cc(OC(=O)CN(C)C)cc1Cl.Cc1ccc(NC(=O)C(=O)N2CCCCC2)cc1Cl.Cc1ccc(NC(=O)C(=O)N2CCCCC2)cc1Cl.Cc1ccc(NC(=O)CN2CCCC2)cc1Cl.Cc1ccc(OCCN(C)C)cc1Cl. The number of nitrogens with one attached hydrogen (secondary N) is 6. The van der Waals surface area contributed by atoms with Gasteiger partial charge in [0.1, 0.15) is 18.1 Å². The van der Waals surface area contributed by atoms with Crippen molar-refractivity contribution in [2.75, 3.05) is 179 Å². The zero-order valence-electron chi connectivity index (χ0n) is 81.1. The number of benzene rings is 8. The number of halogens is 12. The predicted molar refractivity (Wildman–Crippen MR) is 571 cm³/mol. The molecule has 5 saturated heterocycles. The van der Waals surface area contributed by atoms with E-state index in [1.54, 1.807) is 131 Å². The summed E-state index contributed by atoms with van der Waals surface area (Å²) in [4.78, 5) is 133. The summed E-state index contributed by atoms with van der Waals surface area (Å²) in [7, 11) is 11.3. The number of amides is 9. The highest BCUT2D eigenvalue weighted by Crippen LogP contribution is 2.34. The normalized spacial score (nSPS) is 13.9. The van der Waals surface area contributed by atoms with Crippen LogP contribution in [0.5, 0.6) is 11.5 Å². The van der Waals surface area contributed by atoms with Gasteiger partial charge in [-0.05, 0) is 349 Å². The summed E-state index contributed by atoms with van der Waals surface area (Å²) in [6, 6.07) is 34.9. The van der Waals surface area contributed by atoms with E-state index in [1.165, 1.54) is 25.7 Å². The van der Waals surface area contributed by atoms with Crippen LogP contribution in [0.4, 0.5) is 34.1 Å². The summed E-state index contributed by atoms with van der Waals surface area (Å²) in [5.74, 6) is -2.49. The molecule has 5 aliphatic heterocycles. The molecular weight excluding hydrogens is 2030 g/mol. The number of carbonyl (C=O) groups excluding carboxylic acids is 10. The Morgan fingerprint density at radius 1 is 0.281 bits per heavy atom. The predicted octanol–water partition coefficient (Wildman–Crippen LogP) is 22.6. The van der Waals surface area contributed by atoms with Crippen LogP contribution in [0, 0.1) is 55.4 Å². The Bertz CT molecular complexity index is 5230. The average Bonchev–Trinajstić information content (AvgIpc) is 0.858. The van der Waals surface area contributed by atoms with Gasteiger partial charge in [0, 0.05) is 140 Å². The van der Waals surface area contributed by atoms with Gasteiger partial charge >= 0.3 is 41.4 Å². The molecule has 5 aliphatic rings. The number of hydrogen-bond acceptors (Lipinski definition) is 17. The number of nitrogens with zero attached hydrogens (tertiary/aromatic N) is 8. The number of likely N-dealkylation sites (N-methyl/N-ethyl adjacent to an activating group) is 3. The highest BCUT2D eigenvalue weighted by atomic mass is 35.5. The Morgan fingerprint density at radius 3 is 0.835 bits per heavy atom. The standard InChI is InChI=1S/C14H16Cl2N2O2.2C14H17ClN2O2.C13H16Cl2N2O.C13H17ClN2O.C11H14Cl2N2O.C11H13Cl2NO2.C11H16ClNO/c1-9-11(15)7-10(8-12(9)16)17-13(19)14(20)18-5-3-2-4-6-18;2*1-10-5-6-11(9-12(10)15)16-13(18)14(19)17-7-3-2-4-8-17;1-9-11(14)6-10(7-12(9)15)16-13(18)8-17-4-2-3-5-17;1-10-4-5-11(8-12(10)14)15-13(17)9-16-6-2-3-7-16;1-7-9(12)4-8(5-10(7)13)14-11(16)6-15(2)3;1-7-9(12)4-8(5-10(7)13)16-11(15)6-14(2)3;1-9-4-5-10(8-11(9)12)14-7-6-13(2)3/h7-8H,2-6H2,1H3,(H,17,19);2*5-6,9H,2-4,7-8H2,1H3,(H,16,18);6-7H,2-5,8H2,1H3,(H,16,18);4-5,8H,2-3,6-7,9H2,1H3,(H,15,17);4-5H,6H2,1-3H3,(H,14,16);4-5H,6H2,1-3H3;4-5,8H,6-7H2,1-3H3. The van der Waals surface area contributed by atoms with Gasteiger partial charge in [0.25, 0.3) is 0 Å². The summed E-state index contributed by atoms with van der Waals surface area (Å²) in [6.07, 6.45) is 13.9. The second-order valence-corrected chi connectivity index (χ2v) is 39.5. The molecule has 0 saturated carbocycles. The molecule has 9 amide bonds. The fourth-order valence-electron chi connectivity index (χ4n) is 13.7. The van der Waals surface area contributed by atoms with Gasteiger partial charge in [0.15, 0.2) is 0 Å². The number of hydrogen-bond donors (Lipinski definition) is 6. The lowest BCUT2D eigenvalue weighted by Gasteiger charge is -2.25. The molecule has 0 bridgehead atoms. The van der Waals surface area contributed by atoms with Crippen LogP contribution in [-0.4, -0.2) is 245 Å². The van der Waals surface area contributed by atoms with Gasteiger partial charge in [-0.2, -0.15) is 0 Å². The number of carbonyl (C=O) groups is 10. The van der Waals surface area contributed by atoms with E-state index >= 15 is 0 Å². The first-order valence-electron chi connectivity index (χ1n) is 45.5. The van der Waals surface area contributed by atoms with E-state index in [9.17, 15) is 47.9 Å². The minimum atomic E-state index is -0.650. The lowest BCUT2D eigenvalue weighted by molar-refractivity contribution is -0.143. The van der Waals surface area contributed by atoms with Crippen LogP contribution in [0.25, 0.3) is 0 Å². The second-order valence-electron chi connectivity index (χ2n) is 34.6. The Balaban J connectivity index is 0.000000244. The molecule has 756 valence electrons. The van der Waals surface area contributed by atoms with Crippen LogP contribution >= 0.6 is 139 Å². The third-order valence-electron chi connectivity index (χ3n) is 22.0. The fourth-order valence-corrected chi connectivity index (χ4v) is 16.4. The van der Waals surface area contributed by atoms with Crippen LogP contribution in [0.3, 0.4) is 0 Å². The van der Waals surface area contributed by atoms with Crippen LogP contribution < -0.4 is 41.4 Å². The van der Waals surface area contributed by atoms with Gasteiger partial charge < -0.3 is 65.9 Å². The molecule has 0 aromatic heterocycles. The van der Waals surface area contributed by atoms with E-state index in [0.717, 1.165) is 151 Å². The molecule has 0 atom stereocenters. The molecule has 0 unspecified atom stereocenters. The number of rotatable bonds is 19. The number of ether oxygens (including phenoxy) is 2. The Labute approximate surface area is 877 Å². The first-order chi connectivity index (χ1) is 65.7. The van der Waals surface area contributed by atoms with Crippen molar-refractivity contribution in [2.45, 2.75) is 139 Å². The maximum Gasteiger partial charge on any atom is 0.325 e. The van der Waals surface area contributed by atoms with Gasteiger partial charge in [0.2, 0.25) is 17.7 Å². The molecule has 0 spiro atoms. The third kappa shape index (κ3) is 43.7. The molecule has 0 aliphatic carbocycles. The zero-order valence-corrected chi connectivity index (χ0v) is 90.1. The summed E-state index contributed by atoms with van der Waals surface area (Å²) in [5.41, 5.74) is 10.7. The van der Waals surface area contributed by atoms with Crippen molar-refractivity contribution in [3.05, 3.63) is 226 Å². The fraction of sp³-hybridized carbons (Fsp3) is 0.426. The highest BCUT2D eigenvalue weighted by Gasteiger charge is 2.28. The number of anilines is 6. The van der Waals surface area contributed by atoms with Crippen molar-refractivity contribution in [3.8, 4) is 11.5 Å². The van der Waals surface area contributed by atoms with E-state index < -0.39 is 35.4 Å². The average molecular weight is 2150 g/mol. The van der Waals surface area contributed by atoms with E-state index in [-0.39, 0.29) is 30.2 Å². The molecule has 5 heterocycles. The monoisotopic (exact) mass is 2150 g/mol. The summed E-state index contributed by atoms with van der Waals surface area (Å²) < 4.78 is 10.6. The molecule has 6 N–H and O–H groups in total. The van der Waals surface area contributed by atoms with E-state index in [1.807, 2.05) is 112 Å². The van der Waals surface area contributed by atoms with Crippen molar-refractivity contribution < 1.29 is 57.4 Å². The summed E-state index contributed by atoms with van der Waals surface area (Å²) in [5, 5.41) is 22.9. The maximum absolute atomic E-state index is 12.0. The van der Waals surface area contributed by atoms with Crippen LogP contribution in [0.1, 0.15) is 128 Å². The molecule has 38 heteroatoms. The van der Waals surface area contributed by atoms with Gasteiger partial charge in [0.05, 0.1) is 26.2 Å². The molecule has 5 fully saturated rings. The van der Waals surface area contributed by atoms with Crippen LogP contribution in [0.15, 0.2) is 121 Å². The second kappa shape index (κ2) is 61.5. The summed E-state index contributed by atoms with van der Waals surface area (Å²) in [6.45, 7) is 26.0. The van der Waals surface area contributed by atoms with Crippen molar-refractivity contribution in [3.63, 3.8) is 0 Å². The number of likely N-dealkylation sites (tertiary alicyclic amines) is 5. The lowest BCUT2D eigenvalue weighted by atomic mass is 10.1. The largest absolute Gasteiger partial charge is 0.492 e. The zero-order chi connectivity index (χ0) is 103. The first kappa shape index (κ1) is 119. The van der Waals surface area contributed by atoms with Crippen molar-refractivity contribution >= 4 is 232 Å². The van der Waals surface area contributed by atoms with Crippen LogP contribution in [0.2, 0.25) is 60.3 Å². The minimum Gasteiger partial charge on any atom is -0.492 e. The van der Waals surface area contributed by atoms with Gasteiger partial charge in [-0.3, -0.25) is 62.6 Å².